The second-order valence-electron chi connectivity index (χ2n) is 6.21. The largest absolute Gasteiger partial charge is 0.452 e. The van der Waals surface area contributed by atoms with Crippen molar-refractivity contribution in [2.45, 2.75) is 31.3 Å². The van der Waals surface area contributed by atoms with Crippen molar-refractivity contribution >= 4 is 50.8 Å². The predicted molar refractivity (Wildman–Crippen MR) is 112 cm³/mol. The molecular weight excluding hydrogens is 439 g/mol. The number of hydrogen-bond acceptors (Lipinski definition) is 5. The Kier molecular flexibility index (Phi) is 8.04. The molecule has 0 fully saturated rings. The minimum atomic E-state index is -3.73. The first kappa shape index (κ1) is 23.2. The molecule has 0 radical (unpaired) electrons. The number of halogens is 2. The lowest BCUT2D eigenvalue weighted by atomic mass is 10.2. The summed E-state index contributed by atoms with van der Waals surface area (Å²) in [6.07, 6.45) is -1.34. The molecule has 10 heteroatoms. The monoisotopic (exact) mass is 458 g/mol. The summed E-state index contributed by atoms with van der Waals surface area (Å²) >= 11 is 11.8. The van der Waals surface area contributed by atoms with Crippen LogP contribution in [0.5, 0.6) is 0 Å². The van der Waals surface area contributed by atoms with Crippen molar-refractivity contribution in [1.29, 1.82) is 0 Å². The third-order valence-corrected chi connectivity index (χ3v) is 5.86. The molecule has 1 amide bonds. The average Bonchev–Trinajstić information content (AvgIpc) is 2.64. The Balaban J connectivity index is 1.83. The molecule has 0 aliphatic rings. The number of sulfonamides is 1. The molecule has 7 nitrogen and oxygen atoms in total. The molecule has 2 aromatic rings. The molecule has 1 unspecified atom stereocenters. The number of esters is 1. The normalized spacial score (nSPS) is 12.3. The van der Waals surface area contributed by atoms with Crippen LogP contribution in [-0.4, -0.2) is 32.9 Å². The van der Waals surface area contributed by atoms with E-state index >= 15 is 0 Å². The maximum Gasteiger partial charge on any atom is 0.307 e. The second-order valence-corrected chi connectivity index (χ2v) is 8.82. The number of aryl methyl sites for hydroxylation is 1. The number of rotatable bonds is 8. The molecule has 156 valence electrons. The van der Waals surface area contributed by atoms with E-state index in [9.17, 15) is 18.0 Å². The minimum absolute atomic E-state index is 0.0996. The van der Waals surface area contributed by atoms with Gasteiger partial charge in [-0.1, -0.05) is 40.9 Å². The Morgan fingerprint density at radius 3 is 2.41 bits per heavy atom. The van der Waals surface area contributed by atoms with Crippen LogP contribution in [0.25, 0.3) is 0 Å². The van der Waals surface area contributed by atoms with Crippen LogP contribution in [0.15, 0.2) is 47.4 Å². The van der Waals surface area contributed by atoms with Gasteiger partial charge >= 0.3 is 5.97 Å². The first-order valence-electron chi connectivity index (χ1n) is 8.60. The number of carbonyl (C=O) groups is 2. The molecule has 0 bridgehead atoms. The molecule has 2 aromatic carbocycles. The average molecular weight is 459 g/mol. The fraction of sp³-hybridized carbons (Fsp3) is 0.263. The number of ether oxygens (including phenoxy) is 1. The topological polar surface area (TPSA) is 102 Å². The molecule has 29 heavy (non-hydrogen) atoms. The summed E-state index contributed by atoms with van der Waals surface area (Å²) in [5, 5.41) is 3.19. The van der Waals surface area contributed by atoms with E-state index in [0.29, 0.717) is 5.02 Å². The Morgan fingerprint density at radius 2 is 1.76 bits per heavy atom. The van der Waals surface area contributed by atoms with Gasteiger partial charge in [0.15, 0.2) is 6.10 Å². The van der Waals surface area contributed by atoms with Crippen LogP contribution in [0.2, 0.25) is 10.0 Å². The molecule has 0 spiro atoms. The summed E-state index contributed by atoms with van der Waals surface area (Å²) in [6.45, 7) is 3.07. The molecule has 0 aromatic heterocycles. The lowest BCUT2D eigenvalue weighted by Gasteiger charge is -2.14. The molecule has 0 heterocycles. The van der Waals surface area contributed by atoms with Gasteiger partial charge in [-0.25, -0.2) is 13.1 Å². The Morgan fingerprint density at radius 1 is 1.10 bits per heavy atom. The first-order chi connectivity index (χ1) is 13.6. The highest BCUT2D eigenvalue weighted by molar-refractivity contribution is 7.89. The highest BCUT2D eigenvalue weighted by Gasteiger charge is 2.20. The molecule has 0 saturated heterocycles. The standard InChI is InChI=1S/C19H20Cl2N2O5S/c1-12-3-6-15(7-4-12)29(26,27)22-10-9-18(24)28-13(2)19(25)23-17-11-14(20)5-8-16(17)21/h3-8,11,13,22H,9-10H2,1-2H3,(H,23,25). The van der Waals surface area contributed by atoms with Crippen LogP contribution < -0.4 is 10.0 Å². The molecular formula is C19H20Cl2N2O5S. The summed E-state index contributed by atoms with van der Waals surface area (Å²) in [5.74, 6) is -1.32. The quantitative estimate of drug-likeness (QED) is 0.588. The van der Waals surface area contributed by atoms with Crippen molar-refractivity contribution in [3.63, 3.8) is 0 Å². The van der Waals surface area contributed by atoms with E-state index in [1.807, 2.05) is 6.92 Å². The molecule has 0 aliphatic heterocycles. The molecule has 1 atom stereocenters. The zero-order valence-corrected chi connectivity index (χ0v) is 18.1. The van der Waals surface area contributed by atoms with Crippen LogP contribution in [-0.2, 0) is 24.3 Å². The van der Waals surface area contributed by atoms with Gasteiger partial charge in [0.2, 0.25) is 10.0 Å². The lowest BCUT2D eigenvalue weighted by Crippen LogP contribution is -2.32. The van der Waals surface area contributed by atoms with E-state index in [-0.39, 0.29) is 28.6 Å². The summed E-state index contributed by atoms with van der Waals surface area (Å²) in [7, 11) is -3.73. The minimum Gasteiger partial charge on any atom is -0.452 e. The van der Waals surface area contributed by atoms with Crippen molar-refractivity contribution < 1.29 is 22.7 Å². The van der Waals surface area contributed by atoms with Gasteiger partial charge in [0.05, 0.1) is 22.0 Å². The Labute approximate surface area is 179 Å². The van der Waals surface area contributed by atoms with Gasteiger partial charge in [0.1, 0.15) is 0 Å². The molecule has 2 rings (SSSR count). The molecule has 0 aliphatic carbocycles. The first-order valence-corrected chi connectivity index (χ1v) is 10.8. The van der Waals surface area contributed by atoms with E-state index in [1.165, 1.54) is 31.2 Å². The third kappa shape index (κ3) is 7.01. The van der Waals surface area contributed by atoms with Crippen LogP contribution in [0.4, 0.5) is 5.69 Å². The lowest BCUT2D eigenvalue weighted by molar-refractivity contribution is -0.152. The van der Waals surface area contributed by atoms with Gasteiger partial charge in [-0.3, -0.25) is 9.59 Å². The van der Waals surface area contributed by atoms with Crippen LogP contribution in [0.3, 0.4) is 0 Å². The van der Waals surface area contributed by atoms with E-state index in [1.54, 1.807) is 18.2 Å². The van der Waals surface area contributed by atoms with Gasteiger partial charge in [-0.2, -0.15) is 0 Å². The van der Waals surface area contributed by atoms with Gasteiger partial charge in [-0.05, 0) is 44.2 Å². The maximum atomic E-state index is 12.2. The van der Waals surface area contributed by atoms with Gasteiger partial charge in [-0.15, -0.1) is 0 Å². The highest BCUT2D eigenvalue weighted by Crippen LogP contribution is 2.25. The second kappa shape index (κ2) is 10.1. The van der Waals surface area contributed by atoms with E-state index in [0.717, 1.165) is 5.56 Å². The van der Waals surface area contributed by atoms with Crippen LogP contribution in [0.1, 0.15) is 18.9 Å². The zero-order valence-electron chi connectivity index (χ0n) is 15.7. The molecule has 2 N–H and O–H groups in total. The smallest absolute Gasteiger partial charge is 0.307 e. The zero-order chi connectivity index (χ0) is 21.6. The van der Waals surface area contributed by atoms with Crippen molar-refractivity contribution in [2.75, 3.05) is 11.9 Å². The number of carbonyl (C=O) groups excluding carboxylic acids is 2. The number of amides is 1. The van der Waals surface area contributed by atoms with E-state index in [2.05, 4.69) is 10.0 Å². The third-order valence-electron chi connectivity index (χ3n) is 3.82. The number of anilines is 1. The summed E-state index contributed by atoms with van der Waals surface area (Å²) in [6, 6.07) is 10.9. The van der Waals surface area contributed by atoms with Gasteiger partial charge in [0, 0.05) is 11.6 Å². The SMILES string of the molecule is Cc1ccc(S(=O)(=O)NCCC(=O)OC(C)C(=O)Nc2cc(Cl)ccc2Cl)cc1. The predicted octanol–water partition coefficient (Wildman–Crippen LogP) is 3.54. The Hall–Kier alpha value is -2.13. The van der Waals surface area contributed by atoms with Crippen molar-refractivity contribution in [3.05, 3.63) is 58.1 Å². The fourth-order valence-corrected chi connectivity index (χ4v) is 3.59. The highest BCUT2D eigenvalue weighted by atomic mass is 35.5. The maximum absolute atomic E-state index is 12.2. The summed E-state index contributed by atoms with van der Waals surface area (Å²) in [5.41, 5.74) is 1.22. The van der Waals surface area contributed by atoms with E-state index in [4.69, 9.17) is 27.9 Å². The Bertz CT molecular complexity index is 994. The number of nitrogens with one attached hydrogen (secondary N) is 2. The summed E-state index contributed by atoms with van der Waals surface area (Å²) in [4.78, 5) is 24.2. The van der Waals surface area contributed by atoms with Crippen molar-refractivity contribution in [1.82, 2.24) is 4.72 Å². The van der Waals surface area contributed by atoms with Crippen molar-refractivity contribution in [3.8, 4) is 0 Å². The fourth-order valence-electron chi connectivity index (χ4n) is 2.23. The summed E-state index contributed by atoms with van der Waals surface area (Å²) < 4.78 is 31.7. The van der Waals surface area contributed by atoms with Gasteiger partial charge < -0.3 is 10.1 Å². The van der Waals surface area contributed by atoms with Crippen molar-refractivity contribution in [2.24, 2.45) is 0 Å². The number of hydrogen-bond donors (Lipinski definition) is 2. The van der Waals surface area contributed by atoms with Gasteiger partial charge in [0.25, 0.3) is 5.91 Å². The molecule has 0 saturated carbocycles. The van der Waals surface area contributed by atoms with Crippen LogP contribution >= 0.6 is 23.2 Å². The number of benzene rings is 2. The van der Waals surface area contributed by atoms with Crippen LogP contribution in [0, 0.1) is 6.92 Å². The van der Waals surface area contributed by atoms with E-state index < -0.39 is 28.0 Å².